The maximum Gasteiger partial charge on any atom is 0.135 e. The molecule has 4 heteroatoms. The van der Waals surface area contributed by atoms with E-state index in [1.165, 1.54) is 49.3 Å². The first-order valence-electron chi connectivity index (χ1n) is 7.61. The molecule has 0 atom stereocenters. The Bertz CT molecular complexity index is 425. The topological polar surface area (TPSA) is 37.8 Å². The molecule has 0 bridgehead atoms. The lowest BCUT2D eigenvalue weighted by Crippen LogP contribution is -2.04. The minimum absolute atomic E-state index is 0.629. The Morgan fingerprint density at radius 1 is 1.21 bits per heavy atom. The number of nitrogens with zero attached hydrogens (tertiary/aromatic N) is 2. The Balaban J connectivity index is 1.67. The number of hydrogen-bond acceptors (Lipinski definition) is 4. The van der Waals surface area contributed by atoms with Gasteiger partial charge in [-0.3, -0.25) is 0 Å². The van der Waals surface area contributed by atoms with Gasteiger partial charge in [0.2, 0.25) is 0 Å². The molecule has 0 amide bonds. The van der Waals surface area contributed by atoms with Gasteiger partial charge in [-0.15, -0.1) is 11.8 Å². The molecule has 104 valence electrons. The third kappa shape index (κ3) is 3.62. The normalized spacial score (nSPS) is 19.8. The van der Waals surface area contributed by atoms with Crippen molar-refractivity contribution in [2.75, 3.05) is 17.6 Å². The molecule has 1 aromatic heterocycles. The average molecular weight is 277 g/mol. The molecule has 3 rings (SSSR count). The Morgan fingerprint density at radius 2 is 2.00 bits per heavy atom. The Hall–Kier alpha value is -0.770. The molecule has 3 nitrogen and oxygen atoms in total. The first-order valence-corrected chi connectivity index (χ1v) is 8.59. The fourth-order valence-electron chi connectivity index (χ4n) is 2.69. The van der Waals surface area contributed by atoms with Crippen LogP contribution in [0.15, 0.2) is 11.1 Å². The molecular formula is C15H23N3S. The Labute approximate surface area is 120 Å². The number of hydrogen-bond donors (Lipinski definition) is 1. The minimum Gasteiger partial charge on any atom is -0.370 e. The van der Waals surface area contributed by atoms with Gasteiger partial charge in [0.15, 0.2) is 0 Å². The molecule has 0 aliphatic heterocycles. The van der Waals surface area contributed by atoms with Crippen LogP contribution in [-0.2, 0) is 0 Å². The highest BCUT2D eigenvalue weighted by atomic mass is 32.2. The summed E-state index contributed by atoms with van der Waals surface area (Å²) in [5, 5.41) is 4.50. The SMILES string of the molecule is CCNc1cc(SCC2CCCC2)nc(C2CC2)n1. The van der Waals surface area contributed by atoms with E-state index in [-0.39, 0.29) is 0 Å². The van der Waals surface area contributed by atoms with Crippen LogP contribution >= 0.6 is 11.8 Å². The quantitative estimate of drug-likeness (QED) is 0.628. The van der Waals surface area contributed by atoms with Crippen LogP contribution in [0, 0.1) is 5.92 Å². The van der Waals surface area contributed by atoms with E-state index in [0.717, 1.165) is 24.1 Å². The monoisotopic (exact) mass is 277 g/mol. The molecule has 1 aromatic rings. The van der Waals surface area contributed by atoms with Crippen LogP contribution in [0.5, 0.6) is 0 Å². The zero-order valence-corrected chi connectivity index (χ0v) is 12.5. The molecule has 1 N–H and O–H groups in total. The van der Waals surface area contributed by atoms with Gasteiger partial charge in [0.25, 0.3) is 0 Å². The zero-order chi connectivity index (χ0) is 13.1. The predicted molar refractivity (Wildman–Crippen MR) is 80.9 cm³/mol. The largest absolute Gasteiger partial charge is 0.370 e. The van der Waals surface area contributed by atoms with E-state index in [1.54, 1.807) is 0 Å². The summed E-state index contributed by atoms with van der Waals surface area (Å²) < 4.78 is 0. The van der Waals surface area contributed by atoms with Crippen LogP contribution in [0.2, 0.25) is 0 Å². The first kappa shape index (κ1) is 13.2. The second-order valence-electron chi connectivity index (χ2n) is 5.72. The summed E-state index contributed by atoms with van der Waals surface area (Å²) in [5.41, 5.74) is 0. The standard InChI is InChI=1S/C15H23N3S/c1-2-16-13-9-14(18-15(17-13)12-7-8-12)19-10-11-5-3-4-6-11/h9,11-12H,2-8,10H2,1H3,(H,16,17,18). The van der Waals surface area contributed by atoms with Gasteiger partial charge in [-0.2, -0.15) is 0 Å². The second kappa shape index (κ2) is 6.12. The molecule has 0 saturated heterocycles. The van der Waals surface area contributed by atoms with E-state index >= 15 is 0 Å². The van der Waals surface area contributed by atoms with Crippen molar-refractivity contribution in [1.82, 2.24) is 9.97 Å². The fourth-order valence-corrected chi connectivity index (χ4v) is 3.79. The lowest BCUT2D eigenvalue weighted by molar-refractivity contribution is 0.622. The third-order valence-corrected chi connectivity index (χ3v) is 5.10. The fraction of sp³-hybridized carbons (Fsp3) is 0.733. The summed E-state index contributed by atoms with van der Waals surface area (Å²) >= 11 is 1.93. The summed E-state index contributed by atoms with van der Waals surface area (Å²) in [6.45, 7) is 3.04. The van der Waals surface area contributed by atoms with Crippen LogP contribution < -0.4 is 5.32 Å². The first-order chi connectivity index (χ1) is 9.35. The van der Waals surface area contributed by atoms with Crippen molar-refractivity contribution in [3.8, 4) is 0 Å². The number of thioether (sulfide) groups is 1. The summed E-state index contributed by atoms with van der Waals surface area (Å²) in [6, 6.07) is 2.12. The van der Waals surface area contributed by atoms with Gasteiger partial charge >= 0.3 is 0 Å². The van der Waals surface area contributed by atoms with Crippen molar-refractivity contribution in [2.45, 2.75) is 56.4 Å². The summed E-state index contributed by atoms with van der Waals surface area (Å²) in [7, 11) is 0. The molecule has 2 saturated carbocycles. The third-order valence-electron chi connectivity index (χ3n) is 3.96. The number of aromatic nitrogens is 2. The Kier molecular flexibility index (Phi) is 4.26. The molecule has 2 fully saturated rings. The van der Waals surface area contributed by atoms with E-state index in [2.05, 4.69) is 23.3 Å². The van der Waals surface area contributed by atoms with Crippen molar-refractivity contribution in [3.05, 3.63) is 11.9 Å². The van der Waals surface area contributed by atoms with Crippen LogP contribution in [0.25, 0.3) is 0 Å². The second-order valence-corrected chi connectivity index (χ2v) is 6.76. The van der Waals surface area contributed by atoms with Crippen molar-refractivity contribution in [3.63, 3.8) is 0 Å². The molecule has 0 unspecified atom stereocenters. The van der Waals surface area contributed by atoms with Gasteiger partial charge in [0.1, 0.15) is 16.7 Å². The van der Waals surface area contributed by atoms with Gasteiger partial charge in [-0.1, -0.05) is 12.8 Å². The smallest absolute Gasteiger partial charge is 0.135 e. The van der Waals surface area contributed by atoms with Gasteiger partial charge in [0.05, 0.1) is 0 Å². The van der Waals surface area contributed by atoms with Crippen molar-refractivity contribution in [1.29, 1.82) is 0 Å². The van der Waals surface area contributed by atoms with Crippen LogP contribution in [0.3, 0.4) is 0 Å². The van der Waals surface area contributed by atoms with E-state index in [9.17, 15) is 0 Å². The molecule has 0 spiro atoms. The summed E-state index contributed by atoms with van der Waals surface area (Å²) in [6.07, 6.45) is 8.20. The molecule has 2 aliphatic rings. The lowest BCUT2D eigenvalue weighted by Gasteiger charge is -2.10. The van der Waals surface area contributed by atoms with E-state index in [0.29, 0.717) is 5.92 Å². The van der Waals surface area contributed by atoms with Crippen molar-refractivity contribution < 1.29 is 0 Å². The minimum atomic E-state index is 0.629. The summed E-state index contributed by atoms with van der Waals surface area (Å²) in [4.78, 5) is 9.38. The van der Waals surface area contributed by atoms with Gasteiger partial charge in [0, 0.05) is 24.3 Å². The van der Waals surface area contributed by atoms with Gasteiger partial charge in [-0.05, 0) is 38.5 Å². The molecule has 0 aromatic carbocycles. The summed E-state index contributed by atoms with van der Waals surface area (Å²) in [5.74, 6) is 4.84. The van der Waals surface area contributed by atoms with E-state index < -0.39 is 0 Å². The highest BCUT2D eigenvalue weighted by molar-refractivity contribution is 7.99. The van der Waals surface area contributed by atoms with Crippen LogP contribution in [-0.4, -0.2) is 22.3 Å². The zero-order valence-electron chi connectivity index (χ0n) is 11.7. The molecule has 2 aliphatic carbocycles. The Morgan fingerprint density at radius 3 is 2.68 bits per heavy atom. The highest BCUT2D eigenvalue weighted by Crippen LogP contribution is 2.39. The average Bonchev–Trinajstić information content (AvgIpc) is 3.14. The van der Waals surface area contributed by atoms with E-state index in [1.807, 2.05) is 11.8 Å². The molecule has 1 heterocycles. The van der Waals surface area contributed by atoms with Gasteiger partial charge < -0.3 is 5.32 Å². The van der Waals surface area contributed by atoms with Gasteiger partial charge in [-0.25, -0.2) is 9.97 Å². The maximum absolute atomic E-state index is 4.75. The van der Waals surface area contributed by atoms with Crippen LogP contribution in [0.1, 0.15) is 57.2 Å². The lowest BCUT2D eigenvalue weighted by atomic mass is 10.1. The number of nitrogens with one attached hydrogen (secondary N) is 1. The van der Waals surface area contributed by atoms with Crippen molar-refractivity contribution in [2.24, 2.45) is 5.92 Å². The van der Waals surface area contributed by atoms with Crippen molar-refractivity contribution >= 4 is 17.6 Å². The molecular weight excluding hydrogens is 254 g/mol. The van der Waals surface area contributed by atoms with E-state index in [4.69, 9.17) is 4.98 Å². The molecule has 19 heavy (non-hydrogen) atoms. The number of rotatable bonds is 6. The van der Waals surface area contributed by atoms with Crippen LogP contribution in [0.4, 0.5) is 5.82 Å². The highest BCUT2D eigenvalue weighted by Gasteiger charge is 2.27. The maximum atomic E-state index is 4.75. The number of anilines is 1. The molecule has 0 radical (unpaired) electrons. The predicted octanol–water partition coefficient (Wildman–Crippen LogP) is 4.07.